The molecule has 0 aromatic heterocycles. The Hall–Kier alpha value is -3.42. The number of non-ortho nitro benzene ring substituents is 1. The number of nitro groups is 1. The molecule has 2 N–H and O–H groups in total. The summed E-state index contributed by atoms with van der Waals surface area (Å²) in [5.41, 5.74) is -0.0521. The van der Waals surface area contributed by atoms with Crippen molar-refractivity contribution in [1.82, 2.24) is 10.6 Å². The van der Waals surface area contributed by atoms with Gasteiger partial charge in [-0.15, -0.1) is 0 Å². The van der Waals surface area contributed by atoms with Crippen LogP contribution in [0.4, 0.5) is 5.69 Å². The van der Waals surface area contributed by atoms with E-state index in [1.807, 2.05) is 30.3 Å². The lowest BCUT2D eigenvalue weighted by Crippen LogP contribution is -2.37. The number of rotatable bonds is 9. The first-order chi connectivity index (χ1) is 12.6. The van der Waals surface area contributed by atoms with Gasteiger partial charge in [0.15, 0.2) is 0 Å². The van der Waals surface area contributed by atoms with Gasteiger partial charge in [0, 0.05) is 24.2 Å². The predicted octanol–water partition coefficient (Wildman–Crippen LogP) is 1.91. The van der Waals surface area contributed by atoms with Crippen LogP contribution in [0.2, 0.25) is 0 Å². The summed E-state index contributed by atoms with van der Waals surface area (Å²) in [4.78, 5) is 33.8. The molecule has 0 aliphatic rings. The van der Waals surface area contributed by atoms with E-state index >= 15 is 0 Å². The summed E-state index contributed by atoms with van der Waals surface area (Å²) >= 11 is 0. The number of hydrogen-bond acceptors (Lipinski definition) is 5. The third-order valence-corrected chi connectivity index (χ3v) is 3.38. The fourth-order valence-electron chi connectivity index (χ4n) is 2.09. The molecule has 2 aromatic rings. The molecule has 26 heavy (non-hydrogen) atoms. The highest BCUT2D eigenvalue weighted by Gasteiger charge is 2.12. The molecule has 8 heteroatoms. The van der Waals surface area contributed by atoms with Crippen molar-refractivity contribution in [3.8, 4) is 5.75 Å². The van der Waals surface area contributed by atoms with Crippen LogP contribution in [-0.2, 0) is 4.79 Å². The molecule has 0 spiro atoms. The van der Waals surface area contributed by atoms with E-state index in [0.717, 1.165) is 11.8 Å². The van der Waals surface area contributed by atoms with Crippen LogP contribution in [0.1, 0.15) is 16.8 Å². The van der Waals surface area contributed by atoms with E-state index in [9.17, 15) is 19.7 Å². The number of benzene rings is 2. The highest BCUT2D eigenvalue weighted by molar-refractivity contribution is 5.96. The number of para-hydroxylation sites is 1. The molecule has 0 atom stereocenters. The lowest BCUT2D eigenvalue weighted by atomic mass is 10.2. The van der Waals surface area contributed by atoms with Crippen molar-refractivity contribution in [3.05, 3.63) is 70.3 Å². The molecule has 0 radical (unpaired) electrons. The normalized spacial score (nSPS) is 10.0. The number of carbonyl (C=O) groups excluding carboxylic acids is 2. The maximum Gasteiger partial charge on any atom is 0.270 e. The highest BCUT2D eigenvalue weighted by atomic mass is 16.6. The molecule has 0 aliphatic carbocycles. The molecule has 0 saturated heterocycles. The Balaban J connectivity index is 1.64. The van der Waals surface area contributed by atoms with Crippen LogP contribution in [0.5, 0.6) is 5.75 Å². The summed E-state index contributed by atoms with van der Waals surface area (Å²) in [7, 11) is 0. The number of nitrogens with zero attached hydrogens (tertiary/aromatic N) is 1. The Kier molecular flexibility index (Phi) is 7.11. The molecule has 0 saturated carbocycles. The van der Waals surface area contributed by atoms with Crippen molar-refractivity contribution in [2.45, 2.75) is 6.42 Å². The Morgan fingerprint density at radius 2 is 1.81 bits per heavy atom. The van der Waals surface area contributed by atoms with Gasteiger partial charge in [-0.05, 0) is 24.6 Å². The second-order valence-electron chi connectivity index (χ2n) is 5.36. The fraction of sp³-hybridized carbons (Fsp3) is 0.222. The molecule has 0 fully saturated rings. The standard InChI is InChI=1S/C18H19N3O5/c22-17(19-10-5-11-26-16-8-2-1-3-9-16)13-20-18(23)14-6-4-7-15(12-14)21(24)25/h1-4,6-9,12H,5,10-11,13H2,(H,19,22)(H,20,23). The van der Waals surface area contributed by atoms with Crippen LogP contribution in [0.3, 0.4) is 0 Å². The van der Waals surface area contributed by atoms with Gasteiger partial charge in [0.25, 0.3) is 11.6 Å². The lowest BCUT2D eigenvalue weighted by Gasteiger charge is -2.08. The van der Waals surface area contributed by atoms with Gasteiger partial charge in [-0.25, -0.2) is 0 Å². The second-order valence-corrected chi connectivity index (χ2v) is 5.36. The maximum atomic E-state index is 11.9. The Bertz CT molecular complexity index is 764. The van der Waals surface area contributed by atoms with E-state index in [1.54, 1.807) is 0 Å². The van der Waals surface area contributed by atoms with E-state index in [0.29, 0.717) is 19.6 Å². The van der Waals surface area contributed by atoms with Gasteiger partial charge in [0.1, 0.15) is 5.75 Å². The third-order valence-electron chi connectivity index (χ3n) is 3.38. The lowest BCUT2D eigenvalue weighted by molar-refractivity contribution is -0.384. The molecule has 2 rings (SSSR count). The number of ether oxygens (including phenoxy) is 1. The minimum atomic E-state index is -0.582. The van der Waals surface area contributed by atoms with Crippen LogP contribution in [0.25, 0.3) is 0 Å². The number of carbonyl (C=O) groups is 2. The van der Waals surface area contributed by atoms with Crippen molar-refractivity contribution >= 4 is 17.5 Å². The third kappa shape index (κ3) is 6.23. The number of nitrogens with one attached hydrogen (secondary N) is 2. The molecule has 2 amide bonds. The molecule has 0 heterocycles. The molecular weight excluding hydrogens is 338 g/mol. The molecule has 0 aliphatic heterocycles. The average molecular weight is 357 g/mol. The van der Waals surface area contributed by atoms with Crippen LogP contribution in [-0.4, -0.2) is 36.4 Å². The number of hydrogen-bond donors (Lipinski definition) is 2. The SMILES string of the molecule is O=C(CNC(=O)c1cccc([N+](=O)[O-])c1)NCCCOc1ccccc1. The topological polar surface area (TPSA) is 111 Å². The smallest absolute Gasteiger partial charge is 0.270 e. The van der Waals surface area contributed by atoms with Crippen molar-refractivity contribution < 1.29 is 19.2 Å². The molecule has 8 nitrogen and oxygen atoms in total. The molecule has 0 unspecified atom stereocenters. The Morgan fingerprint density at radius 1 is 1.04 bits per heavy atom. The minimum Gasteiger partial charge on any atom is -0.494 e. The highest BCUT2D eigenvalue weighted by Crippen LogP contribution is 2.12. The fourth-order valence-corrected chi connectivity index (χ4v) is 2.09. The van der Waals surface area contributed by atoms with Crippen LogP contribution < -0.4 is 15.4 Å². The Labute approximate surface area is 150 Å². The summed E-state index contributed by atoms with van der Waals surface area (Å²) in [6.07, 6.45) is 0.624. The summed E-state index contributed by atoms with van der Waals surface area (Å²) in [5, 5.41) is 15.8. The van der Waals surface area contributed by atoms with Gasteiger partial charge >= 0.3 is 0 Å². The number of amides is 2. The van der Waals surface area contributed by atoms with Crippen molar-refractivity contribution in [3.63, 3.8) is 0 Å². The van der Waals surface area contributed by atoms with Gasteiger partial charge in [-0.1, -0.05) is 24.3 Å². The van der Waals surface area contributed by atoms with E-state index in [-0.39, 0.29) is 23.7 Å². The van der Waals surface area contributed by atoms with Gasteiger partial charge in [-0.2, -0.15) is 0 Å². The quantitative estimate of drug-likeness (QED) is 0.405. The predicted molar refractivity (Wildman–Crippen MR) is 95.0 cm³/mol. The summed E-state index contributed by atoms with van der Waals surface area (Å²) in [6, 6.07) is 14.7. The first-order valence-electron chi connectivity index (χ1n) is 8.03. The first-order valence-corrected chi connectivity index (χ1v) is 8.03. The van der Waals surface area contributed by atoms with Crippen LogP contribution in [0.15, 0.2) is 54.6 Å². The molecular formula is C18H19N3O5. The zero-order valence-electron chi connectivity index (χ0n) is 14.0. The average Bonchev–Trinajstić information content (AvgIpc) is 2.66. The van der Waals surface area contributed by atoms with Gasteiger partial charge in [0.05, 0.1) is 18.1 Å². The molecule has 136 valence electrons. The monoisotopic (exact) mass is 357 g/mol. The summed E-state index contributed by atoms with van der Waals surface area (Å²) in [5.74, 6) is -0.122. The number of nitro benzene ring substituents is 1. The Morgan fingerprint density at radius 3 is 2.54 bits per heavy atom. The first kappa shape index (κ1) is 18.9. The van der Waals surface area contributed by atoms with Crippen molar-refractivity contribution in [2.75, 3.05) is 19.7 Å². The van der Waals surface area contributed by atoms with E-state index < -0.39 is 10.8 Å². The second kappa shape index (κ2) is 9.77. The van der Waals surface area contributed by atoms with E-state index in [2.05, 4.69) is 10.6 Å². The molecule has 2 aromatic carbocycles. The zero-order chi connectivity index (χ0) is 18.8. The van der Waals surface area contributed by atoms with Gasteiger partial charge in [0.2, 0.25) is 5.91 Å². The van der Waals surface area contributed by atoms with E-state index in [1.165, 1.54) is 18.2 Å². The summed E-state index contributed by atoms with van der Waals surface area (Å²) < 4.78 is 5.50. The maximum absolute atomic E-state index is 11.9. The minimum absolute atomic E-state index is 0.128. The van der Waals surface area contributed by atoms with Crippen LogP contribution in [0, 0.1) is 10.1 Å². The van der Waals surface area contributed by atoms with Crippen LogP contribution >= 0.6 is 0 Å². The zero-order valence-corrected chi connectivity index (χ0v) is 14.0. The van der Waals surface area contributed by atoms with Crippen molar-refractivity contribution in [1.29, 1.82) is 0 Å². The largest absolute Gasteiger partial charge is 0.494 e. The summed E-state index contributed by atoms with van der Waals surface area (Å²) in [6.45, 7) is 0.670. The van der Waals surface area contributed by atoms with Gasteiger partial charge in [-0.3, -0.25) is 19.7 Å². The molecule has 0 bridgehead atoms. The van der Waals surface area contributed by atoms with Gasteiger partial charge < -0.3 is 15.4 Å². The van der Waals surface area contributed by atoms with Crippen molar-refractivity contribution in [2.24, 2.45) is 0 Å². The van der Waals surface area contributed by atoms with E-state index in [4.69, 9.17) is 4.74 Å².